The first kappa shape index (κ1) is 11.4. The van der Waals surface area contributed by atoms with E-state index in [1.165, 1.54) is 11.8 Å². The van der Waals surface area contributed by atoms with Gasteiger partial charge in [0.25, 0.3) is 0 Å². The zero-order valence-corrected chi connectivity index (χ0v) is 9.76. The molecular formula is C12H13FN2S. The molecule has 1 aromatic rings. The largest absolute Gasteiger partial charge is 0.293 e. The van der Waals surface area contributed by atoms with Crippen molar-refractivity contribution < 1.29 is 4.39 Å². The molecule has 0 N–H and O–H groups in total. The Morgan fingerprint density at radius 2 is 2.38 bits per heavy atom. The average Bonchev–Trinajstić information content (AvgIpc) is 2.79. The summed E-state index contributed by atoms with van der Waals surface area (Å²) in [7, 11) is 0. The van der Waals surface area contributed by atoms with Crippen molar-refractivity contribution in [2.75, 3.05) is 24.7 Å². The van der Waals surface area contributed by atoms with Crippen LogP contribution in [0.25, 0.3) is 0 Å². The smallest absolute Gasteiger partial charge is 0.141 e. The summed E-state index contributed by atoms with van der Waals surface area (Å²) < 4.78 is 13.3. The summed E-state index contributed by atoms with van der Waals surface area (Å²) >= 11 is 1.92. The van der Waals surface area contributed by atoms with Gasteiger partial charge in [0.15, 0.2) is 0 Å². The zero-order chi connectivity index (χ0) is 11.4. The molecule has 2 nitrogen and oxygen atoms in total. The maximum atomic E-state index is 13.3. The topological polar surface area (TPSA) is 27.0 Å². The quantitative estimate of drug-likeness (QED) is 0.805. The standard InChI is InChI=1S/C12H13FN2S/c13-12-3-1-2-10(11(12)8-14)4-5-15-6-7-16-9-15/h1-3H,4-7,9H2. The Bertz CT molecular complexity index is 408. The predicted octanol–water partition coefficient (Wildman–Crippen LogP) is 2.25. The van der Waals surface area contributed by atoms with Crippen molar-refractivity contribution in [3.05, 3.63) is 35.1 Å². The molecule has 0 bridgehead atoms. The number of nitrogens with zero attached hydrogens (tertiary/aromatic N) is 2. The summed E-state index contributed by atoms with van der Waals surface area (Å²) in [6, 6.07) is 6.79. The minimum atomic E-state index is -0.407. The summed E-state index contributed by atoms with van der Waals surface area (Å²) in [5, 5.41) is 8.88. The first-order chi connectivity index (χ1) is 7.81. The van der Waals surface area contributed by atoms with Gasteiger partial charge in [-0.2, -0.15) is 5.26 Å². The lowest BCUT2D eigenvalue weighted by Crippen LogP contribution is -2.22. The van der Waals surface area contributed by atoms with Crippen LogP contribution in [0.4, 0.5) is 4.39 Å². The molecule has 0 saturated carbocycles. The molecule has 0 aliphatic carbocycles. The van der Waals surface area contributed by atoms with E-state index in [9.17, 15) is 4.39 Å². The molecule has 0 aromatic heterocycles. The lowest BCUT2D eigenvalue weighted by atomic mass is 10.0. The lowest BCUT2D eigenvalue weighted by molar-refractivity contribution is 0.360. The second-order valence-corrected chi connectivity index (χ2v) is 4.87. The predicted molar refractivity (Wildman–Crippen MR) is 63.7 cm³/mol. The molecule has 0 spiro atoms. The van der Waals surface area contributed by atoms with Crippen molar-refractivity contribution >= 4 is 11.8 Å². The van der Waals surface area contributed by atoms with Gasteiger partial charge in [-0.3, -0.25) is 4.90 Å². The van der Waals surface area contributed by atoms with Crippen molar-refractivity contribution in [3.63, 3.8) is 0 Å². The fourth-order valence-electron chi connectivity index (χ4n) is 1.81. The highest BCUT2D eigenvalue weighted by Crippen LogP contribution is 2.16. The fourth-order valence-corrected chi connectivity index (χ4v) is 2.84. The van der Waals surface area contributed by atoms with Gasteiger partial charge in [0.1, 0.15) is 11.9 Å². The van der Waals surface area contributed by atoms with Crippen LogP contribution in [0.2, 0.25) is 0 Å². The van der Waals surface area contributed by atoms with E-state index in [0.717, 1.165) is 31.0 Å². The van der Waals surface area contributed by atoms with Gasteiger partial charge >= 0.3 is 0 Å². The van der Waals surface area contributed by atoms with Crippen LogP contribution in [0.1, 0.15) is 11.1 Å². The van der Waals surface area contributed by atoms with Gasteiger partial charge in [-0.1, -0.05) is 12.1 Å². The minimum absolute atomic E-state index is 0.203. The van der Waals surface area contributed by atoms with Crippen molar-refractivity contribution in [1.82, 2.24) is 4.90 Å². The summed E-state index contributed by atoms with van der Waals surface area (Å²) in [5.41, 5.74) is 1.02. The van der Waals surface area contributed by atoms with E-state index in [2.05, 4.69) is 4.90 Å². The molecular weight excluding hydrogens is 223 g/mol. The number of hydrogen-bond donors (Lipinski definition) is 0. The molecule has 1 aliphatic heterocycles. The molecule has 84 valence electrons. The average molecular weight is 236 g/mol. The van der Waals surface area contributed by atoms with E-state index in [1.54, 1.807) is 6.07 Å². The highest BCUT2D eigenvalue weighted by molar-refractivity contribution is 7.99. The van der Waals surface area contributed by atoms with Gasteiger partial charge in [0.2, 0.25) is 0 Å². The molecule has 0 radical (unpaired) electrons. The molecule has 16 heavy (non-hydrogen) atoms. The fraction of sp³-hybridized carbons (Fsp3) is 0.417. The SMILES string of the molecule is N#Cc1c(F)cccc1CCN1CCSC1. The molecule has 1 fully saturated rings. The second-order valence-electron chi connectivity index (χ2n) is 3.79. The van der Waals surface area contributed by atoms with Gasteiger partial charge < -0.3 is 0 Å². The van der Waals surface area contributed by atoms with Crippen molar-refractivity contribution in [2.24, 2.45) is 0 Å². The Kier molecular flexibility index (Phi) is 3.81. The Balaban J connectivity index is 2.03. The maximum absolute atomic E-state index is 13.3. The first-order valence-corrected chi connectivity index (χ1v) is 6.44. The molecule has 4 heteroatoms. The number of halogens is 1. The van der Waals surface area contributed by atoms with Gasteiger partial charge in [-0.15, -0.1) is 11.8 Å². The molecule has 1 heterocycles. The van der Waals surface area contributed by atoms with E-state index < -0.39 is 5.82 Å². The van der Waals surface area contributed by atoms with Gasteiger partial charge in [-0.05, 0) is 18.1 Å². The monoisotopic (exact) mass is 236 g/mol. The van der Waals surface area contributed by atoms with E-state index in [1.807, 2.05) is 23.9 Å². The van der Waals surface area contributed by atoms with Crippen molar-refractivity contribution in [1.29, 1.82) is 5.26 Å². The van der Waals surface area contributed by atoms with Crippen LogP contribution < -0.4 is 0 Å². The summed E-state index contributed by atoms with van der Waals surface area (Å²) in [4.78, 5) is 2.33. The van der Waals surface area contributed by atoms with Crippen LogP contribution in [-0.2, 0) is 6.42 Å². The van der Waals surface area contributed by atoms with Gasteiger partial charge in [-0.25, -0.2) is 4.39 Å². The summed E-state index contributed by atoms with van der Waals surface area (Å²) in [5.74, 6) is 1.82. The highest BCUT2D eigenvalue weighted by atomic mass is 32.2. The zero-order valence-electron chi connectivity index (χ0n) is 8.95. The normalized spacial score (nSPS) is 16.2. The maximum Gasteiger partial charge on any atom is 0.141 e. The third kappa shape index (κ3) is 2.55. The molecule has 1 aromatic carbocycles. The van der Waals surface area contributed by atoms with Gasteiger partial charge in [0.05, 0.1) is 5.56 Å². The van der Waals surface area contributed by atoms with Crippen LogP contribution in [0, 0.1) is 17.1 Å². The molecule has 1 saturated heterocycles. The van der Waals surface area contributed by atoms with Crippen molar-refractivity contribution in [2.45, 2.75) is 6.42 Å². The third-order valence-electron chi connectivity index (χ3n) is 2.73. The van der Waals surface area contributed by atoms with Gasteiger partial charge in [0, 0.05) is 24.7 Å². The Morgan fingerprint density at radius 3 is 3.06 bits per heavy atom. The number of hydrogen-bond acceptors (Lipinski definition) is 3. The van der Waals surface area contributed by atoms with Crippen LogP contribution in [0.3, 0.4) is 0 Å². The Morgan fingerprint density at radius 1 is 1.50 bits per heavy atom. The minimum Gasteiger partial charge on any atom is -0.293 e. The van der Waals surface area contributed by atoms with E-state index in [4.69, 9.17) is 5.26 Å². The number of thioether (sulfide) groups is 1. The number of benzene rings is 1. The van der Waals surface area contributed by atoms with Crippen molar-refractivity contribution in [3.8, 4) is 6.07 Å². The van der Waals surface area contributed by atoms with E-state index in [0.29, 0.717) is 0 Å². The lowest BCUT2D eigenvalue weighted by Gasteiger charge is -2.13. The van der Waals surface area contributed by atoms with Crippen LogP contribution >= 0.6 is 11.8 Å². The molecule has 2 rings (SSSR count). The number of nitriles is 1. The summed E-state index contributed by atoms with van der Waals surface area (Å²) in [6.45, 7) is 2.01. The summed E-state index contributed by atoms with van der Waals surface area (Å²) in [6.07, 6.45) is 0.751. The Hall–Kier alpha value is -1.05. The molecule has 0 unspecified atom stereocenters. The Labute approximate surface area is 99.1 Å². The van der Waals surface area contributed by atoms with Crippen LogP contribution in [0.5, 0.6) is 0 Å². The van der Waals surface area contributed by atoms with E-state index in [-0.39, 0.29) is 5.56 Å². The molecule has 0 amide bonds. The number of rotatable bonds is 3. The molecule has 0 atom stereocenters. The second kappa shape index (κ2) is 5.33. The third-order valence-corrected chi connectivity index (χ3v) is 3.75. The van der Waals surface area contributed by atoms with E-state index >= 15 is 0 Å². The highest BCUT2D eigenvalue weighted by Gasteiger charge is 2.13. The first-order valence-electron chi connectivity index (χ1n) is 5.29. The van der Waals surface area contributed by atoms with Crippen LogP contribution in [0.15, 0.2) is 18.2 Å². The molecule has 1 aliphatic rings. The van der Waals surface area contributed by atoms with Crippen LogP contribution in [-0.4, -0.2) is 29.6 Å².